The summed E-state index contributed by atoms with van der Waals surface area (Å²) in [5, 5.41) is 6.46. The average molecular weight is 603 g/mol. The summed E-state index contributed by atoms with van der Waals surface area (Å²) in [5.41, 5.74) is 8.28. The van der Waals surface area contributed by atoms with E-state index in [-0.39, 0.29) is 5.91 Å². The number of halogens is 1. The Labute approximate surface area is 255 Å². The predicted molar refractivity (Wildman–Crippen MR) is 170 cm³/mol. The molecule has 9 heteroatoms. The van der Waals surface area contributed by atoms with E-state index >= 15 is 0 Å². The maximum absolute atomic E-state index is 13.6. The number of aryl methyl sites for hydroxylation is 4. The summed E-state index contributed by atoms with van der Waals surface area (Å²) in [5.74, 6) is 0.622. The number of methoxy groups -OCH3 is 1. The van der Waals surface area contributed by atoms with Gasteiger partial charge in [0.2, 0.25) is 0 Å². The van der Waals surface area contributed by atoms with Crippen LogP contribution in [0.25, 0.3) is 22.0 Å². The van der Waals surface area contributed by atoms with Crippen LogP contribution in [0, 0.1) is 20.8 Å². The van der Waals surface area contributed by atoms with Gasteiger partial charge < -0.3 is 14.5 Å². The summed E-state index contributed by atoms with van der Waals surface area (Å²) in [6.45, 7) is 6.90. The zero-order valence-electron chi connectivity index (χ0n) is 24.5. The summed E-state index contributed by atoms with van der Waals surface area (Å²) >= 11 is 7.63. The topological polar surface area (TPSA) is 81.2 Å². The second kappa shape index (κ2) is 13.1. The molecule has 0 saturated heterocycles. The number of amides is 1. The number of carbonyl (C=O) groups excluding carboxylic acids is 1. The molecule has 0 unspecified atom stereocenters. The van der Waals surface area contributed by atoms with Crippen molar-refractivity contribution < 1.29 is 14.3 Å². The molecule has 0 aliphatic rings. The van der Waals surface area contributed by atoms with Gasteiger partial charge in [-0.3, -0.25) is 14.2 Å². The molecule has 218 valence electrons. The molecule has 0 aliphatic heterocycles. The Morgan fingerprint density at radius 2 is 1.81 bits per heavy atom. The fourth-order valence-corrected chi connectivity index (χ4v) is 5.99. The van der Waals surface area contributed by atoms with Gasteiger partial charge >= 0.3 is 0 Å². The molecule has 0 atom stereocenters. The predicted octanol–water partition coefficient (Wildman–Crippen LogP) is 7.74. The number of nitrogens with zero attached hydrogens (tertiary/aromatic N) is 2. The van der Waals surface area contributed by atoms with Gasteiger partial charge in [0.1, 0.15) is 11.4 Å². The van der Waals surface area contributed by atoms with E-state index in [1.807, 2.05) is 81.0 Å². The van der Waals surface area contributed by atoms with Crippen LogP contribution >= 0.6 is 23.5 Å². The number of H-pyrrole nitrogens is 1. The molecule has 0 spiro atoms. The molecule has 1 amide bonds. The van der Waals surface area contributed by atoms with Crippen molar-refractivity contribution in [2.75, 3.05) is 13.7 Å². The fourth-order valence-electron chi connectivity index (χ4n) is 5.27. The van der Waals surface area contributed by atoms with Crippen molar-refractivity contribution in [3.63, 3.8) is 0 Å². The van der Waals surface area contributed by atoms with Gasteiger partial charge in [-0.15, -0.1) is 0 Å². The standard InChI is InChI=1S/C33H35ClN4O3S/c1-20-17-23(18-21(2)30(20)34)41-16-10-15-26-25-13-9-14-27(29-22(3)38(4)36-28(29)19-40-5)31(25)35-32(26)33(39)37-42-24-11-7-6-8-12-24/h6-9,11-14,17-18,35H,10,15-16,19H2,1-5H3,(H,37,39). The molecule has 0 fully saturated rings. The summed E-state index contributed by atoms with van der Waals surface area (Å²) in [7, 11) is 3.60. The van der Waals surface area contributed by atoms with Gasteiger partial charge in [0.15, 0.2) is 0 Å². The van der Waals surface area contributed by atoms with E-state index in [0.29, 0.717) is 25.3 Å². The van der Waals surface area contributed by atoms with E-state index in [1.165, 1.54) is 11.9 Å². The molecule has 2 aromatic heterocycles. The van der Waals surface area contributed by atoms with Crippen molar-refractivity contribution in [3.05, 3.63) is 99.5 Å². The SMILES string of the molecule is COCc1nn(C)c(C)c1-c1cccc2c(CCCOc3cc(C)c(Cl)c(C)c3)c(C(=O)NSc3ccccc3)[nH]c12. The summed E-state index contributed by atoms with van der Waals surface area (Å²) in [6, 6.07) is 19.9. The molecule has 0 aliphatic carbocycles. The van der Waals surface area contributed by atoms with E-state index in [0.717, 1.165) is 72.2 Å². The summed E-state index contributed by atoms with van der Waals surface area (Å²) in [6.07, 6.45) is 1.38. The minimum absolute atomic E-state index is 0.175. The number of aromatic nitrogens is 3. The number of hydrogen-bond donors (Lipinski definition) is 2. The largest absolute Gasteiger partial charge is 0.494 e. The lowest BCUT2D eigenvalue weighted by atomic mass is 9.98. The molecule has 2 heterocycles. The zero-order valence-corrected chi connectivity index (χ0v) is 26.1. The minimum atomic E-state index is -0.175. The first-order chi connectivity index (χ1) is 20.3. The molecule has 5 aromatic rings. The molecular formula is C33H35ClN4O3S. The highest BCUT2D eigenvalue weighted by Gasteiger charge is 2.23. The first-order valence-corrected chi connectivity index (χ1v) is 15.0. The Morgan fingerprint density at radius 1 is 1.07 bits per heavy atom. The molecule has 0 bridgehead atoms. The molecule has 0 saturated carbocycles. The van der Waals surface area contributed by atoms with Crippen LogP contribution in [0.3, 0.4) is 0 Å². The van der Waals surface area contributed by atoms with Crippen molar-refractivity contribution in [1.82, 2.24) is 19.5 Å². The van der Waals surface area contributed by atoms with Crippen LogP contribution in [0.4, 0.5) is 0 Å². The smallest absolute Gasteiger partial charge is 0.278 e. The van der Waals surface area contributed by atoms with Crippen LogP contribution in [0.5, 0.6) is 5.75 Å². The number of carbonyl (C=O) groups is 1. The Bertz CT molecular complexity index is 1710. The van der Waals surface area contributed by atoms with Crippen molar-refractivity contribution in [1.29, 1.82) is 0 Å². The molecule has 2 N–H and O–H groups in total. The van der Waals surface area contributed by atoms with Gasteiger partial charge in [-0.2, -0.15) is 5.10 Å². The minimum Gasteiger partial charge on any atom is -0.494 e. The summed E-state index contributed by atoms with van der Waals surface area (Å²) in [4.78, 5) is 18.1. The van der Waals surface area contributed by atoms with Crippen LogP contribution < -0.4 is 9.46 Å². The number of ether oxygens (including phenoxy) is 2. The third kappa shape index (κ3) is 6.21. The number of rotatable bonds is 11. The Hall–Kier alpha value is -3.72. The number of para-hydroxylation sites is 1. The van der Waals surface area contributed by atoms with Gasteiger partial charge in [-0.05, 0) is 86.5 Å². The fraction of sp³-hybridized carbons (Fsp3) is 0.273. The second-order valence-electron chi connectivity index (χ2n) is 10.3. The second-order valence-corrected chi connectivity index (χ2v) is 11.6. The molecule has 42 heavy (non-hydrogen) atoms. The lowest BCUT2D eigenvalue weighted by molar-refractivity contribution is 0.0979. The molecule has 7 nitrogen and oxygen atoms in total. The van der Waals surface area contributed by atoms with Gasteiger partial charge in [0.05, 0.1) is 24.4 Å². The maximum Gasteiger partial charge on any atom is 0.278 e. The van der Waals surface area contributed by atoms with Gasteiger partial charge in [0.25, 0.3) is 5.91 Å². The number of benzene rings is 3. The number of aromatic amines is 1. The third-order valence-corrected chi connectivity index (χ3v) is 8.77. The van der Waals surface area contributed by atoms with Crippen molar-refractivity contribution >= 4 is 40.4 Å². The Morgan fingerprint density at radius 3 is 2.52 bits per heavy atom. The van der Waals surface area contributed by atoms with Gasteiger partial charge in [0, 0.05) is 46.3 Å². The molecule has 0 radical (unpaired) electrons. The van der Waals surface area contributed by atoms with E-state index in [2.05, 4.69) is 26.9 Å². The Balaban J connectivity index is 1.48. The van der Waals surface area contributed by atoms with E-state index in [4.69, 9.17) is 21.1 Å². The van der Waals surface area contributed by atoms with E-state index in [9.17, 15) is 4.79 Å². The third-order valence-electron chi connectivity index (χ3n) is 7.38. The van der Waals surface area contributed by atoms with E-state index in [1.54, 1.807) is 7.11 Å². The van der Waals surface area contributed by atoms with Gasteiger partial charge in [-0.1, -0.05) is 48.0 Å². The summed E-state index contributed by atoms with van der Waals surface area (Å²) < 4.78 is 16.4. The zero-order chi connectivity index (χ0) is 29.8. The quantitative estimate of drug-likeness (QED) is 0.119. The van der Waals surface area contributed by atoms with Crippen LogP contribution in [0.1, 0.15) is 45.0 Å². The van der Waals surface area contributed by atoms with E-state index < -0.39 is 0 Å². The van der Waals surface area contributed by atoms with Crippen LogP contribution in [0.2, 0.25) is 5.02 Å². The highest BCUT2D eigenvalue weighted by Crippen LogP contribution is 2.36. The highest BCUT2D eigenvalue weighted by molar-refractivity contribution is 7.98. The first kappa shape index (κ1) is 29.8. The van der Waals surface area contributed by atoms with Crippen LogP contribution in [-0.4, -0.2) is 34.4 Å². The number of fused-ring (bicyclic) bond motifs is 1. The van der Waals surface area contributed by atoms with Crippen molar-refractivity contribution in [3.8, 4) is 16.9 Å². The first-order valence-electron chi connectivity index (χ1n) is 13.9. The Kier molecular flexibility index (Phi) is 9.26. The van der Waals surface area contributed by atoms with Gasteiger partial charge in [-0.25, -0.2) is 0 Å². The molecule has 5 rings (SSSR count). The molecular weight excluding hydrogens is 568 g/mol. The maximum atomic E-state index is 13.6. The van der Waals surface area contributed by atoms with Crippen LogP contribution in [0.15, 0.2) is 65.6 Å². The highest BCUT2D eigenvalue weighted by atomic mass is 35.5. The average Bonchev–Trinajstić information content (AvgIpc) is 3.49. The number of hydrogen-bond acceptors (Lipinski definition) is 5. The van der Waals surface area contributed by atoms with Crippen molar-refractivity contribution in [2.24, 2.45) is 7.05 Å². The molecule has 3 aromatic carbocycles. The lowest BCUT2D eigenvalue weighted by Gasteiger charge is -2.11. The number of nitrogens with one attached hydrogen (secondary N) is 2. The monoisotopic (exact) mass is 602 g/mol. The normalized spacial score (nSPS) is 11.3. The van der Waals surface area contributed by atoms with Crippen LogP contribution in [-0.2, 0) is 24.8 Å². The van der Waals surface area contributed by atoms with Crippen molar-refractivity contribution in [2.45, 2.75) is 45.1 Å². The lowest BCUT2D eigenvalue weighted by Crippen LogP contribution is -2.18.